The fourth-order valence-electron chi connectivity index (χ4n) is 8.59. The van der Waals surface area contributed by atoms with E-state index in [4.69, 9.17) is 9.72 Å². The van der Waals surface area contributed by atoms with Gasteiger partial charge < -0.3 is 29.7 Å². The number of aromatic nitrogens is 4. The van der Waals surface area contributed by atoms with Crippen LogP contribution in [-0.4, -0.2) is 115 Å². The number of piperidine rings is 1. The number of carbonyl (C=O) groups excluding carboxylic acids is 1. The standard InChI is InChI=1S/C39H43F4N9O4S/c1-3-37(53)52-13-4-5-31(52)26-6-7-30(51-20-24(21-51)33-23-49(15-16-57(33,54)55)25-8-11-44-34(17-25)39(41,42)43)28-19-46-36(18-27(26)28)47-35-9-12-45-38(48-35)50-14-10-32(56-2)29(40)22-50/h3,6-9,11-12,17-19,24,29,31-33H,1,4-5,10,13-16,20-23H2,2H3,(H,45,46,47,48)/t29-,31-,32+,33+/m0/s1. The summed E-state index contributed by atoms with van der Waals surface area (Å²) >= 11 is 0. The molecule has 1 amide bonds. The van der Waals surface area contributed by atoms with Crippen molar-refractivity contribution in [3.8, 4) is 0 Å². The SMILES string of the molecule is C=CC(=O)N1CCC[C@H]1c1ccc(N2CC([C@H]3CN(c4ccnc(C(F)(F)F)c4)CCS3(=O)=O)C2)c2cnc(Nc3ccnc(N4CC[C@@H](OC)[C@@H](F)C4)n3)cc12. The van der Waals surface area contributed by atoms with Crippen LogP contribution >= 0.6 is 0 Å². The van der Waals surface area contributed by atoms with E-state index < -0.39 is 39.2 Å². The topological polar surface area (TPSA) is 137 Å². The van der Waals surface area contributed by atoms with Gasteiger partial charge in [-0.15, -0.1) is 0 Å². The molecule has 0 bridgehead atoms. The Morgan fingerprint density at radius 3 is 2.49 bits per heavy atom. The molecule has 0 radical (unpaired) electrons. The Morgan fingerprint density at radius 1 is 0.930 bits per heavy atom. The maximum atomic E-state index is 14.7. The number of benzene rings is 1. The van der Waals surface area contributed by atoms with Crippen LogP contribution in [0.25, 0.3) is 10.8 Å². The van der Waals surface area contributed by atoms with Crippen molar-refractivity contribution in [3.05, 3.63) is 78.9 Å². The molecule has 0 spiro atoms. The van der Waals surface area contributed by atoms with Crippen LogP contribution in [0.3, 0.4) is 0 Å². The summed E-state index contributed by atoms with van der Waals surface area (Å²) in [6.45, 7) is 5.97. The van der Waals surface area contributed by atoms with Gasteiger partial charge in [0.1, 0.15) is 23.5 Å². The molecule has 0 saturated carbocycles. The number of fused-ring (bicyclic) bond motifs is 1. The minimum atomic E-state index is -4.62. The lowest BCUT2D eigenvalue weighted by Gasteiger charge is -2.47. The van der Waals surface area contributed by atoms with Crippen LogP contribution in [0.15, 0.2) is 67.6 Å². The number of halogens is 4. The lowest BCUT2D eigenvalue weighted by Crippen LogP contribution is -2.60. The second-order valence-electron chi connectivity index (χ2n) is 15.0. The van der Waals surface area contributed by atoms with Crippen LogP contribution < -0.4 is 20.0 Å². The molecule has 4 aliphatic rings. The first-order valence-corrected chi connectivity index (χ1v) is 20.7. The smallest absolute Gasteiger partial charge is 0.378 e. The summed E-state index contributed by atoms with van der Waals surface area (Å²) in [5.74, 6) is 0.774. The van der Waals surface area contributed by atoms with E-state index in [0.29, 0.717) is 55.9 Å². The van der Waals surface area contributed by atoms with Gasteiger partial charge in [-0.2, -0.15) is 18.2 Å². The van der Waals surface area contributed by atoms with Crippen molar-refractivity contribution in [2.75, 3.05) is 78.7 Å². The van der Waals surface area contributed by atoms with E-state index >= 15 is 0 Å². The number of amides is 1. The van der Waals surface area contributed by atoms with Crippen molar-refractivity contribution >= 4 is 55.5 Å². The summed E-state index contributed by atoms with van der Waals surface area (Å²) in [6.07, 6.45) is 1.61. The first kappa shape index (κ1) is 38.8. The average molecular weight is 810 g/mol. The molecule has 4 aliphatic heterocycles. The molecule has 7 heterocycles. The number of hydrogen-bond acceptors (Lipinski definition) is 12. The zero-order valence-corrected chi connectivity index (χ0v) is 32.1. The number of anilines is 5. The number of rotatable bonds is 9. The molecule has 1 N–H and O–H groups in total. The van der Waals surface area contributed by atoms with E-state index in [0.717, 1.165) is 47.1 Å². The van der Waals surface area contributed by atoms with Crippen molar-refractivity contribution < 1.29 is 35.5 Å². The highest BCUT2D eigenvalue weighted by Crippen LogP contribution is 2.42. The molecule has 0 aliphatic carbocycles. The first-order chi connectivity index (χ1) is 27.3. The van der Waals surface area contributed by atoms with Crippen molar-refractivity contribution in [3.63, 3.8) is 0 Å². The molecule has 0 unspecified atom stereocenters. The molecule has 302 valence electrons. The van der Waals surface area contributed by atoms with Gasteiger partial charge in [0.2, 0.25) is 11.9 Å². The molecule has 4 atom stereocenters. The van der Waals surface area contributed by atoms with Crippen molar-refractivity contribution in [1.82, 2.24) is 24.8 Å². The predicted octanol–water partition coefficient (Wildman–Crippen LogP) is 5.33. The molecule has 1 aromatic carbocycles. The van der Waals surface area contributed by atoms with E-state index in [1.54, 1.807) is 28.3 Å². The van der Waals surface area contributed by atoms with Gasteiger partial charge in [-0.25, -0.2) is 22.8 Å². The highest BCUT2D eigenvalue weighted by molar-refractivity contribution is 7.92. The minimum Gasteiger partial charge on any atom is -0.378 e. The predicted molar refractivity (Wildman–Crippen MR) is 208 cm³/mol. The van der Waals surface area contributed by atoms with Gasteiger partial charge in [0.05, 0.1) is 29.7 Å². The summed E-state index contributed by atoms with van der Waals surface area (Å²) in [7, 11) is -2.00. The van der Waals surface area contributed by atoms with E-state index in [-0.39, 0.29) is 43.3 Å². The lowest BCUT2D eigenvalue weighted by molar-refractivity contribution is -0.141. The quantitative estimate of drug-likeness (QED) is 0.173. The maximum Gasteiger partial charge on any atom is 0.433 e. The molecule has 18 heteroatoms. The van der Waals surface area contributed by atoms with Crippen LogP contribution in [-0.2, 0) is 25.5 Å². The third-order valence-corrected chi connectivity index (χ3v) is 13.8. The second kappa shape index (κ2) is 15.3. The van der Waals surface area contributed by atoms with Crippen LogP contribution in [0.1, 0.15) is 36.6 Å². The van der Waals surface area contributed by atoms with Crippen molar-refractivity contribution in [2.45, 2.75) is 49.0 Å². The molecular formula is C39H43F4N9O4S. The van der Waals surface area contributed by atoms with E-state index in [2.05, 4.69) is 31.7 Å². The second-order valence-corrected chi connectivity index (χ2v) is 17.3. The van der Waals surface area contributed by atoms with Crippen LogP contribution in [0, 0.1) is 5.92 Å². The summed E-state index contributed by atoms with van der Waals surface area (Å²) in [4.78, 5) is 37.6. The molecule has 4 aromatic rings. The van der Waals surface area contributed by atoms with Gasteiger partial charge in [0.15, 0.2) is 9.84 Å². The molecule has 13 nitrogen and oxygen atoms in total. The van der Waals surface area contributed by atoms with E-state index in [9.17, 15) is 30.8 Å². The van der Waals surface area contributed by atoms with Gasteiger partial charge in [-0.3, -0.25) is 9.78 Å². The van der Waals surface area contributed by atoms with E-state index in [1.807, 2.05) is 23.1 Å². The number of pyridine rings is 2. The van der Waals surface area contributed by atoms with Gasteiger partial charge in [0, 0.05) is 87.6 Å². The summed E-state index contributed by atoms with van der Waals surface area (Å²) in [5.41, 5.74) is 1.05. The number of alkyl halides is 4. The summed E-state index contributed by atoms with van der Waals surface area (Å²) in [6, 6.07) is 9.85. The van der Waals surface area contributed by atoms with Gasteiger partial charge in [0.25, 0.3) is 0 Å². The highest BCUT2D eigenvalue weighted by Gasteiger charge is 2.45. The van der Waals surface area contributed by atoms with Gasteiger partial charge >= 0.3 is 6.18 Å². The van der Waals surface area contributed by atoms with E-state index in [1.165, 1.54) is 19.3 Å². The molecule has 4 saturated heterocycles. The summed E-state index contributed by atoms with van der Waals surface area (Å²) < 4.78 is 87.0. The molecule has 4 fully saturated rings. The molecule has 3 aromatic heterocycles. The maximum absolute atomic E-state index is 14.7. The van der Waals surface area contributed by atoms with Crippen LogP contribution in [0.5, 0.6) is 0 Å². The lowest BCUT2D eigenvalue weighted by atomic mass is 9.91. The average Bonchev–Trinajstić information content (AvgIpc) is 3.67. The molecule has 8 rings (SSSR count). The number of sulfone groups is 1. The Balaban J connectivity index is 1.06. The normalized spacial score (nSPS) is 24.1. The Hall–Kier alpha value is -5.10. The minimum absolute atomic E-state index is 0.0812. The van der Waals surface area contributed by atoms with Crippen molar-refractivity contribution in [2.24, 2.45) is 5.92 Å². The number of nitrogens with one attached hydrogen (secondary N) is 1. The molecular weight excluding hydrogens is 767 g/mol. The fraction of sp³-hybridized carbons (Fsp3) is 0.462. The zero-order valence-electron chi connectivity index (χ0n) is 31.3. The Morgan fingerprint density at radius 2 is 1.74 bits per heavy atom. The van der Waals surface area contributed by atoms with Crippen LogP contribution in [0.2, 0.25) is 0 Å². The van der Waals surface area contributed by atoms with Crippen LogP contribution in [0.4, 0.5) is 46.5 Å². The summed E-state index contributed by atoms with van der Waals surface area (Å²) in [5, 5.41) is 4.19. The zero-order chi connectivity index (χ0) is 40.1. The number of ether oxygens (including phenoxy) is 1. The number of methoxy groups -OCH3 is 1. The number of carbonyl (C=O) groups is 1. The first-order valence-electron chi connectivity index (χ1n) is 18.9. The third-order valence-electron chi connectivity index (χ3n) is 11.6. The molecule has 57 heavy (non-hydrogen) atoms. The Kier molecular flexibility index (Phi) is 10.4. The number of likely N-dealkylation sites (tertiary alicyclic amines) is 1. The number of nitrogens with zero attached hydrogens (tertiary/aromatic N) is 8. The highest BCUT2D eigenvalue weighted by atomic mass is 32.2. The van der Waals surface area contributed by atoms with Gasteiger partial charge in [-0.05, 0) is 66.6 Å². The van der Waals surface area contributed by atoms with Gasteiger partial charge in [-0.1, -0.05) is 12.6 Å². The largest absolute Gasteiger partial charge is 0.433 e. The Bertz CT molecular complexity index is 2280. The monoisotopic (exact) mass is 809 g/mol. The fourth-order valence-corrected chi connectivity index (χ4v) is 10.5. The third kappa shape index (κ3) is 7.68. The number of hydrogen-bond donors (Lipinski definition) is 1. The Labute approximate surface area is 327 Å². The van der Waals surface area contributed by atoms with Crippen molar-refractivity contribution in [1.29, 1.82) is 0 Å².